The fourth-order valence-corrected chi connectivity index (χ4v) is 4.43. The van der Waals surface area contributed by atoms with Crippen LogP contribution in [0.2, 0.25) is 0 Å². The van der Waals surface area contributed by atoms with E-state index in [1.54, 1.807) is 0 Å². The lowest BCUT2D eigenvalue weighted by molar-refractivity contribution is -0.892. The fourth-order valence-electron chi connectivity index (χ4n) is 4.43. The van der Waals surface area contributed by atoms with Gasteiger partial charge in [-0.25, -0.2) is 9.78 Å². The molecule has 1 aromatic heterocycles. The first-order valence-electron chi connectivity index (χ1n) is 10.1. The number of carbonyl (C=O) groups is 3. The van der Waals surface area contributed by atoms with Crippen LogP contribution in [-0.2, 0) is 9.59 Å². The first kappa shape index (κ1) is 18.7. The minimum absolute atomic E-state index is 0.246. The van der Waals surface area contributed by atoms with Crippen LogP contribution in [0, 0.1) is 0 Å². The topological polar surface area (TPSA) is 100 Å². The highest BCUT2D eigenvalue weighted by molar-refractivity contribution is 6.08. The maximum Gasteiger partial charge on any atom is 0.344 e. The van der Waals surface area contributed by atoms with Crippen molar-refractivity contribution in [2.45, 2.75) is 37.6 Å². The quantitative estimate of drug-likeness (QED) is 0.546. The molecule has 0 aromatic carbocycles. The van der Waals surface area contributed by atoms with E-state index in [9.17, 15) is 14.4 Å². The van der Waals surface area contributed by atoms with Crippen molar-refractivity contribution in [3.8, 4) is 0 Å². The highest BCUT2D eigenvalue weighted by atomic mass is 16.2. The van der Waals surface area contributed by atoms with Crippen LogP contribution in [0.5, 0.6) is 0 Å². The van der Waals surface area contributed by atoms with Crippen molar-refractivity contribution in [1.29, 1.82) is 0 Å². The lowest BCUT2D eigenvalue weighted by Gasteiger charge is -2.30. The van der Waals surface area contributed by atoms with Crippen LogP contribution in [-0.4, -0.2) is 61.1 Å². The summed E-state index contributed by atoms with van der Waals surface area (Å²) in [6.45, 7) is 3.57. The van der Waals surface area contributed by atoms with Gasteiger partial charge in [0.1, 0.15) is 31.7 Å². The van der Waals surface area contributed by atoms with Gasteiger partial charge >= 0.3 is 6.03 Å². The third-order valence-corrected chi connectivity index (χ3v) is 6.02. The molecule has 2 aliphatic heterocycles. The Bertz CT molecular complexity index is 741. The molecule has 28 heavy (non-hydrogen) atoms. The van der Waals surface area contributed by atoms with Crippen molar-refractivity contribution >= 4 is 23.7 Å². The first-order valence-corrected chi connectivity index (χ1v) is 10.1. The van der Waals surface area contributed by atoms with E-state index >= 15 is 0 Å². The van der Waals surface area contributed by atoms with Gasteiger partial charge in [-0.15, -0.1) is 0 Å². The van der Waals surface area contributed by atoms with Crippen LogP contribution >= 0.6 is 0 Å². The number of aromatic amines is 1. The van der Waals surface area contributed by atoms with Crippen LogP contribution in [0.3, 0.4) is 0 Å². The number of hydrogen-bond acceptors (Lipinski definition) is 4. The summed E-state index contributed by atoms with van der Waals surface area (Å²) < 4.78 is 0. The van der Waals surface area contributed by atoms with E-state index in [4.69, 9.17) is 0 Å². The van der Waals surface area contributed by atoms with Gasteiger partial charge in [-0.05, 0) is 18.9 Å². The molecule has 9 nitrogen and oxygen atoms in total. The van der Waals surface area contributed by atoms with E-state index in [2.05, 4.69) is 20.6 Å². The number of aromatic nitrogens is 1. The average molecular weight is 388 g/mol. The summed E-state index contributed by atoms with van der Waals surface area (Å²) in [5, 5.41) is 3.70. The third kappa shape index (κ3) is 3.66. The Morgan fingerprint density at radius 3 is 2.61 bits per heavy atom. The van der Waals surface area contributed by atoms with Crippen LogP contribution in [0.25, 0.3) is 0 Å². The van der Waals surface area contributed by atoms with Crippen molar-refractivity contribution in [2.75, 3.05) is 37.6 Å². The van der Waals surface area contributed by atoms with Gasteiger partial charge in [-0.2, -0.15) is 5.01 Å². The summed E-state index contributed by atoms with van der Waals surface area (Å²) in [5.41, 5.74) is 1.72. The first-order chi connectivity index (χ1) is 13.6. The van der Waals surface area contributed by atoms with E-state index in [-0.39, 0.29) is 18.4 Å². The number of carbonyl (C=O) groups excluding carboxylic acids is 3. The molecule has 0 unspecified atom stereocenters. The number of quaternary nitrogens is 1. The number of pyridine rings is 1. The predicted octanol–water partition coefficient (Wildman–Crippen LogP) is -1.51. The highest BCUT2D eigenvalue weighted by Crippen LogP contribution is 2.32. The van der Waals surface area contributed by atoms with Crippen molar-refractivity contribution in [1.82, 2.24) is 15.8 Å². The molecule has 0 bridgehead atoms. The number of imide groups is 1. The molecule has 1 aromatic rings. The molecule has 4 amide bonds. The van der Waals surface area contributed by atoms with Gasteiger partial charge in [0.2, 0.25) is 0 Å². The maximum atomic E-state index is 12.7. The molecule has 1 aliphatic carbocycles. The zero-order valence-electron chi connectivity index (χ0n) is 16.0. The van der Waals surface area contributed by atoms with Crippen molar-refractivity contribution < 1.29 is 24.3 Å². The SMILES string of the molecule is O=C(C[NH+]1CCN(c2cccc[nH+]2)CC1)NN1C(=O)NC2(CCCCC2)C1=O. The van der Waals surface area contributed by atoms with E-state index in [0.29, 0.717) is 12.8 Å². The number of anilines is 1. The second-order valence-electron chi connectivity index (χ2n) is 7.91. The number of urea groups is 1. The van der Waals surface area contributed by atoms with Gasteiger partial charge in [-0.1, -0.05) is 25.3 Å². The molecule has 3 fully saturated rings. The number of piperazine rings is 1. The van der Waals surface area contributed by atoms with Crippen molar-refractivity contribution in [3.63, 3.8) is 0 Å². The molecule has 150 valence electrons. The molecular formula is C19H28N6O3+2. The van der Waals surface area contributed by atoms with Crippen molar-refractivity contribution in [3.05, 3.63) is 24.4 Å². The van der Waals surface area contributed by atoms with E-state index in [1.165, 1.54) is 0 Å². The smallest absolute Gasteiger partial charge is 0.322 e. The molecule has 4 N–H and O–H groups in total. The van der Waals surface area contributed by atoms with E-state index in [0.717, 1.165) is 61.2 Å². The molecule has 4 rings (SSSR count). The summed E-state index contributed by atoms with van der Waals surface area (Å²) >= 11 is 0. The third-order valence-electron chi connectivity index (χ3n) is 6.02. The summed E-state index contributed by atoms with van der Waals surface area (Å²) in [7, 11) is 0. The monoisotopic (exact) mass is 388 g/mol. The normalized spacial score (nSPS) is 22.4. The number of rotatable bonds is 4. The Morgan fingerprint density at radius 2 is 1.93 bits per heavy atom. The van der Waals surface area contributed by atoms with Gasteiger partial charge in [0.15, 0.2) is 6.54 Å². The van der Waals surface area contributed by atoms with E-state index < -0.39 is 11.6 Å². The largest absolute Gasteiger partial charge is 0.344 e. The second kappa shape index (κ2) is 7.75. The lowest BCUT2D eigenvalue weighted by atomic mass is 9.82. The molecule has 3 heterocycles. The summed E-state index contributed by atoms with van der Waals surface area (Å²) in [6.07, 6.45) is 6.11. The molecule has 9 heteroatoms. The Hall–Kier alpha value is -2.68. The second-order valence-corrected chi connectivity index (χ2v) is 7.91. The molecule has 2 saturated heterocycles. The maximum absolute atomic E-state index is 12.7. The van der Waals surface area contributed by atoms with Gasteiger partial charge in [0, 0.05) is 6.07 Å². The standard InChI is InChI=1S/C19H26N6O3/c26-16(14-23-10-12-24(13-11-23)15-6-2-5-9-20-15)22-25-17(27)19(21-18(25)28)7-3-1-4-8-19/h2,5-6,9H,1,3-4,7-8,10-14H2,(H,21,28)(H,22,26)/p+2. The van der Waals surface area contributed by atoms with Crippen LogP contribution in [0.4, 0.5) is 10.6 Å². The van der Waals surface area contributed by atoms with Crippen LogP contribution in [0.1, 0.15) is 32.1 Å². The Morgan fingerprint density at radius 1 is 1.18 bits per heavy atom. The zero-order chi connectivity index (χ0) is 19.6. The van der Waals surface area contributed by atoms with Crippen LogP contribution < -0.4 is 25.5 Å². The summed E-state index contributed by atoms with van der Waals surface area (Å²) in [6, 6.07) is 5.47. The van der Waals surface area contributed by atoms with Gasteiger partial charge in [-0.3, -0.25) is 19.9 Å². The number of nitrogens with one attached hydrogen (secondary N) is 4. The van der Waals surface area contributed by atoms with Gasteiger partial charge < -0.3 is 10.2 Å². The zero-order valence-corrected chi connectivity index (χ0v) is 16.0. The number of amides is 4. The molecule has 3 aliphatic rings. The molecule has 1 saturated carbocycles. The lowest BCUT2D eigenvalue weighted by Crippen LogP contribution is -3.16. The minimum Gasteiger partial charge on any atom is -0.322 e. The number of hydrazine groups is 1. The Balaban J connectivity index is 1.28. The molecule has 1 spiro atoms. The fraction of sp³-hybridized carbons (Fsp3) is 0.579. The summed E-state index contributed by atoms with van der Waals surface area (Å²) in [4.78, 5) is 44.1. The number of H-pyrrole nitrogens is 1. The predicted molar refractivity (Wildman–Crippen MR) is 100 cm³/mol. The Kier molecular flexibility index (Phi) is 5.17. The van der Waals surface area contributed by atoms with E-state index in [1.807, 2.05) is 24.4 Å². The van der Waals surface area contributed by atoms with Crippen molar-refractivity contribution in [2.24, 2.45) is 0 Å². The molecular weight excluding hydrogens is 360 g/mol. The molecule has 0 atom stereocenters. The van der Waals surface area contributed by atoms with Gasteiger partial charge in [0.05, 0.1) is 6.20 Å². The number of nitrogens with zero attached hydrogens (tertiary/aromatic N) is 2. The minimum atomic E-state index is -0.812. The molecule has 0 radical (unpaired) electrons. The van der Waals surface area contributed by atoms with Gasteiger partial charge in [0.25, 0.3) is 17.6 Å². The summed E-state index contributed by atoms with van der Waals surface area (Å²) in [5.74, 6) is 0.458. The Labute approximate surface area is 164 Å². The average Bonchev–Trinajstić information content (AvgIpc) is 2.93. The number of hydrogen-bond donors (Lipinski definition) is 3. The van der Waals surface area contributed by atoms with Crippen LogP contribution in [0.15, 0.2) is 24.4 Å². The highest BCUT2D eigenvalue weighted by Gasteiger charge is 2.52.